The van der Waals surface area contributed by atoms with Gasteiger partial charge in [0, 0.05) is 6.07 Å². The lowest BCUT2D eigenvalue weighted by atomic mass is 10.1. The molecular weight excluding hydrogens is 549 g/mol. The van der Waals surface area contributed by atoms with Crippen LogP contribution in [0.15, 0.2) is 59.5 Å². The number of nitro groups is 2. The van der Waals surface area contributed by atoms with E-state index in [1.54, 1.807) is 6.07 Å². The van der Waals surface area contributed by atoms with E-state index in [2.05, 4.69) is 0 Å². The smallest absolute Gasteiger partial charge is 0.318 e. The number of halogens is 2. The van der Waals surface area contributed by atoms with E-state index in [4.69, 9.17) is 32.7 Å². The number of rotatable bonds is 7. The Bertz CT molecular complexity index is 1510. The predicted octanol–water partition coefficient (Wildman–Crippen LogP) is 6.85. The van der Waals surface area contributed by atoms with Gasteiger partial charge in [0.1, 0.15) is 0 Å². The number of anilines is 1. The Morgan fingerprint density at radius 3 is 2.27 bits per heavy atom. The minimum atomic E-state index is -0.808. The summed E-state index contributed by atoms with van der Waals surface area (Å²) < 4.78 is 10.9. The molecule has 0 saturated carbocycles. The van der Waals surface area contributed by atoms with Gasteiger partial charge in [-0.05, 0) is 59.8 Å². The zero-order chi connectivity index (χ0) is 26.9. The van der Waals surface area contributed by atoms with Crippen LogP contribution < -0.4 is 14.4 Å². The fraction of sp³-hybridized carbons (Fsp3) is 0.0435. The van der Waals surface area contributed by atoms with Gasteiger partial charge in [0.25, 0.3) is 16.8 Å². The first kappa shape index (κ1) is 25.9. The van der Waals surface area contributed by atoms with Gasteiger partial charge in [0.05, 0.1) is 43.7 Å². The monoisotopic (exact) mass is 561 g/mol. The minimum Gasteiger partial charge on any atom is -0.493 e. The van der Waals surface area contributed by atoms with Crippen molar-refractivity contribution in [2.45, 2.75) is 0 Å². The van der Waals surface area contributed by atoms with E-state index in [-0.39, 0.29) is 37.9 Å². The van der Waals surface area contributed by atoms with E-state index in [0.29, 0.717) is 17.3 Å². The van der Waals surface area contributed by atoms with E-state index in [1.807, 2.05) is 0 Å². The van der Waals surface area contributed by atoms with Crippen molar-refractivity contribution in [1.82, 2.24) is 0 Å². The topological polar surface area (TPSA) is 142 Å². The van der Waals surface area contributed by atoms with Crippen molar-refractivity contribution in [3.05, 3.63) is 95.3 Å². The van der Waals surface area contributed by atoms with Crippen LogP contribution in [-0.2, 0) is 4.79 Å². The maximum Gasteiger partial charge on any atom is 0.318 e. The average molecular weight is 562 g/mol. The molecule has 1 aliphatic heterocycles. The first-order valence-corrected chi connectivity index (χ1v) is 11.7. The summed E-state index contributed by atoms with van der Waals surface area (Å²) >= 11 is 12.6. The van der Waals surface area contributed by atoms with Crippen molar-refractivity contribution in [3.63, 3.8) is 0 Å². The van der Waals surface area contributed by atoms with Crippen LogP contribution in [0.4, 0.5) is 21.9 Å². The zero-order valence-corrected chi connectivity index (χ0v) is 20.9. The van der Waals surface area contributed by atoms with Crippen molar-refractivity contribution < 1.29 is 28.9 Å². The molecule has 188 valence electrons. The largest absolute Gasteiger partial charge is 0.493 e. The van der Waals surface area contributed by atoms with Crippen molar-refractivity contribution in [2.24, 2.45) is 0 Å². The molecule has 0 spiro atoms. The lowest BCUT2D eigenvalue weighted by molar-refractivity contribution is -0.394. The third kappa shape index (κ3) is 5.35. The van der Waals surface area contributed by atoms with E-state index in [9.17, 15) is 29.8 Å². The second-order valence-corrected chi connectivity index (χ2v) is 9.10. The molecule has 0 bridgehead atoms. The number of methoxy groups -OCH3 is 1. The van der Waals surface area contributed by atoms with Crippen LogP contribution in [0.1, 0.15) is 5.56 Å². The summed E-state index contributed by atoms with van der Waals surface area (Å²) in [5.41, 5.74) is -0.425. The van der Waals surface area contributed by atoms with Gasteiger partial charge < -0.3 is 9.47 Å². The maximum absolute atomic E-state index is 13.0. The molecule has 0 aliphatic carbocycles. The Kier molecular flexibility index (Phi) is 7.34. The van der Waals surface area contributed by atoms with Crippen molar-refractivity contribution >= 4 is 69.2 Å². The molecule has 0 atom stereocenters. The normalized spacial score (nSPS) is 14.2. The first-order chi connectivity index (χ1) is 17.6. The molecule has 4 rings (SSSR count). The summed E-state index contributed by atoms with van der Waals surface area (Å²) in [6, 6.07) is 11.8. The van der Waals surface area contributed by atoms with E-state index in [0.717, 1.165) is 23.1 Å². The second-order valence-electron chi connectivity index (χ2n) is 7.29. The molecule has 14 heteroatoms. The fourth-order valence-corrected chi connectivity index (χ4v) is 4.43. The molecule has 3 aromatic rings. The summed E-state index contributed by atoms with van der Waals surface area (Å²) in [6.07, 6.45) is 1.44. The van der Waals surface area contributed by atoms with Crippen LogP contribution in [0, 0.1) is 20.2 Å². The molecular formula is C23H13Cl2N3O8S. The van der Waals surface area contributed by atoms with Gasteiger partial charge in [-0.25, -0.2) is 4.90 Å². The Morgan fingerprint density at radius 1 is 0.892 bits per heavy atom. The average Bonchev–Trinajstić information content (AvgIpc) is 3.13. The number of nitrogens with zero attached hydrogens (tertiary/aromatic N) is 3. The number of hydrogen-bond acceptors (Lipinski definition) is 9. The summed E-state index contributed by atoms with van der Waals surface area (Å²) in [7, 11) is 1.36. The van der Waals surface area contributed by atoms with Gasteiger partial charge in [-0.2, -0.15) is 0 Å². The van der Waals surface area contributed by atoms with Crippen molar-refractivity contribution in [1.29, 1.82) is 0 Å². The van der Waals surface area contributed by atoms with Crippen molar-refractivity contribution in [3.8, 4) is 17.2 Å². The number of non-ortho nitro benzene ring substituents is 1. The molecule has 1 saturated heterocycles. The quantitative estimate of drug-likeness (QED) is 0.172. The summed E-state index contributed by atoms with van der Waals surface area (Å²) in [6.45, 7) is 0. The SMILES string of the molecule is COc1ccc(/C=C2\SC(=O)N(c3ccc(Cl)c(Cl)c3)C2=O)cc1Oc1ccc([N+](=O)[O-])cc1[N+](=O)[O-]. The van der Waals surface area contributed by atoms with Gasteiger partial charge in [0.15, 0.2) is 11.5 Å². The molecule has 3 aromatic carbocycles. The highest BCUT2D eigenvalue weighted by atomic mass is 35.5. The van der Waals surface area contributed by atoms with Gasteiger partial charge in [0.2, 0.25) is 5.75 Å². The van der Waals surface area contributed by atoms with Crippen LogP contribution >= 0.6 is 35.0 Å². The zero-order valence-electron chi connectivity index (χ0n) is 18.5. The van der Waals surface area contributed by atoms with E-state index >= 15 is 0 Å². The van der Waals surface area contributed by atoms with E-state index < -0.39 is 32.4 Å². The molecule has 37 heavy (non-hydrogen) atoms. The molecule has 11 nitrogen and oxygen atoms in total. The van der Waals surface area contributed by atoms with Crippen LogP contribution in [0.25, 0.3) is 6.08 Å². The lowest BCUT2D eigenvalue weighted by Gasteiger charge is -2.13. The van der Waals surface area contributed by atoms with E-state index in [1.165, 1.54) is 43.5 Å². The number of benzene rings is 3. The number of nitro benzene ring substituents is 2. The Hall–Kier alpha value is -4.13. The van der Waals surface area contributed by atoms with Gasteiger partial charge in [-0.15, -0.1) is 0 Å². The third-order valence-corrected chi connectivity index (χ3v) is 6.62. The minimum absolute atomic E-state index is 0.0388. The molecule has 0 N–H and O–H groups in total. The number of amides is 2. The number of carbonyl (C=O) groups excluding carboxylic acids is 2. The first-order valence-electron chi connectivity index (χ1n) is 10.1. The number of carbonyl (C=O) groups is 2. The van der Waals surface area contributed by atoms with Crippen molar-refractivity contribution in [2.75, 3.05) is 12.0 Å². The number of imide groups is 1. The Labute approximate surface area is 222 Å². The van der Waals surface area contributed by atoms with Crippen LogP contribution in [0.2, 0.25) is 10.0 Å². The predicted molar refractivity (Wildman–Crippen MR) is 138 cm³/mol. The maximum atomic E-state index is 13.0. The highest BCUT2D eigenvalue weighted by Gasteiger charge is 2.36. The van der Waals surface area contributed by atoms with Gasteiger partial charge >= 0.3 is 5.69 Å². The summed E-state index contributed by atoms with van der Waals surface area (Å²) in [5.74, 6) is -0.603. The molecule has 1 fully saturated rings. The second kappa shape index (κ2) is 10.5. The molecule has 1 heterocycles. The van der Waals surface area contributed by atoms with Crippen LogP contribution in [0.3, 0.4) is 0 Å². The summed E-state index contributed by atoms with van der Waals surface area (Å²) in [4.78, 5) is 47.5. The van der Waals surface area contributed by atoms with Crippen LogP contribution in [-0.4, -0.2) is 28.1 Å². The van der Waals surface area contributed by atoms with Gasteiger partial charge in [-0.1, -0.05) is 29.3 Å². The number of ether oxygens (including phenoxy) is 2. The lowest BCUT2D eigenvalue weighted by Crippen LogP contribution is -2.27. The fourth-order valence-electron chi connectivity index (χ4n) is 3.30. The third-order valence-electron chi connectivity index (χ3n) is 5.01. The molecule has 0 unspecified atom stereocenters. The van der Waals surface area contributed by atoms with Crippen LogP contribution in [0.5, 0.6) is 17.2 Å². The Morgan fingerprint density at radius 2 is 1.62 bits per heavy atom. The highest BCUT2D eigenvalue weighted by Crippen LogP contribution is 2.41. The Balaban J connectivity index is 1.67. The standard InChI is InChI=1S/C23H13Cl2N3O8S/c1-35-19-6-2-12(8-20(19)36-18-7-4-14(27(31)32)11-17(18)28(33)34)9-21-22(29)26(23(30)37-21)13-3-5-15(24)16(25)10-13/h2-11H,1H3/b21-9-. The summed E-state index contributed by atoms with van der Waals surface area (Å²) in [5, 5.41) is 22.4. The molecule has 0 radical (unpaired) electrons. The molecule has 0 aromatic heterocycles. The molecule has 1 aliphatic rings. The number of hydrogen-bond donors (Lipinski definition) is 0. The molecule has 2 amide bonds. The number of thioether (sulfide) groups is 1. The van der Waals surface area contributed by atoms with Gasteiger partial charge in [-0.3, -0.25) is 29.8 Å². The highest BCUT2D eigenvalue weighted by molar-refractivity contribution is 8.19.